The van der Waals surface area contributed by atoms with E-state index in [1.54, 1.807) is 6.07 Å². The van der Waals surface area contributed by atoms with Gasteiger partial charge in [-0.25, -0.2) is 13.1 Å². The molecular weight excluding hydrogens is 314 g/mol. The molecule has 0 amide bonds. The van der Waals surface area contributed by atoms with Crippen molar-refractivity contribution in [2.45, 2.75) is 44.6 Å². The average Bonchev–Trinajstić information content (AvgIpc) is 2.25. The Hall–Kier alpha value is -0.390. The average molecular weight is 334 g/mol. The summed E-state index contributed by atoms with van der Waals surface area (Å²) in [4.78, 5) is 0.374. The number of rotatable bonds is 6. The van der Waals surface area contributed by atoms with E-state index in [4.69, 9.17) is 0 Å². The minimum atomic E-state index is -3.40. The quantitative estimate of drug-likeness (QED) is 0.813. The van der Waals surface area contributed by atoms with Crippen molar-refractivity contribution in [3.8, 4) is 0 Å². The van der Waals surface area contributed by atoms with E-state index in [0.29, 0.717) is 4.90 Å². The Kier molecular flexibility index (Phi) is 5.82. The van der Waals surface area contributed by atoms with Gasteiger partial charge in [-0.05, 0) is 45.2 Å². The molecule has 0 saturated carbocycles. The van der Waals surface area contributed by atoms with Crippen LogP contribution in [-0.4, -0.2) is 19.8 Å². The first-order chi connectivity index (χ1) is 8.36. The lowest BCUT2D eigenvalue weighted by atomic mass is 10.2. The lowest BCUT2D eigenvalue weighted by Gasteiger charge is -2.15. The maximum atomic E-state index is 12.2. The Bertz CT molecular complexity index is 500. The zero-order chi connectivity index (χ0) is 13.8. The molecule has 3 nitrogen and oxygen atoms in total. The highest BCUT2D eigenvalue weighted by molar-refractivity contribution is 9.09. The zero-order valence-electron chi connectivity index (χ0n) is 11.0. The van der Waals surface area contributed by atoms with Crippen molar-refractivity contribution in [3.63, 3.8) is 0 Å². The summed E-state index contributed by atoms with van der Waals surface area (Å²) in [5.41, 5.74) is 1.86. The highest BCUT2D eigenvalue weighted by Gasteiger charge is 2.18. The molecule has 18 heavy (non-hydrogen) atoms. The summed E-state index contributed by atoms with van der Waals surface area (Å²) in [6, 6.07) is 5.33. The van der Waals surface area contributed by atoms with Gasteiger partial charge in [0, 0.05) is 11.4 Å². The lowest BCUT2D eigenvalue weighted by Crippen LogP contribution is -2.33. The van der Waals surface area contributed by atoms with Crippen molar-refractivity contribution in [1.29, 1.82) is 0 Å². The summed E-state index contributed by atoms with van der Waals surface area (Å²) in [5.74, 6) is 0. The first-order valence-electron chi connectivity index (χ1n) is 6.02. The first-order valence-corrected chi connectivity index (χ1v) is 8.63. The summed E-state index contributed by atoms with van der Waals surface area (Å²) in [5, 5.41) is 0.891. The van der Waals surface area contributed by atoms with Crippen LogP contribution in [0, 0.1) is 13.8 Å². The highest BCUT2D eigenvalue weighted by atomic mass is 79.9. The van der Waals surface area contributed by atoms with Crippen LogP contribution in [0.25, 0.3) is 0 Å². The van der Waals surface area contributed by atoms with Crippen molar-refractivity contribution in [3.05, 3.63) is 29.3 Å². The van der Waals surface area contributed by atoms with Gasteiger partial charge in [-0.1, -0.05) is 33.6 Å². The Balaban J connectivity index is 2.86. The minimum absolute atomic E-state index is 0.0479. The molecule has 0 spiro atoms. The number of alkyl halides is 1. The van der Waals surface area contributed by atoms with Gasteiger partial charge in [0.25, 0.3) is 0 Å². The van der Waals surface area contributed by atoms with Gasteiger partial charge in [0.2, 0.25) is 10.0 Å². The number of sulfonamides is 1. The van der Waals surface area contributed by atoms with E-state index in [1.165, 1.54) is 0 Å². The molecule has 0 aliphatic rings. The number of benzene rings is 1. The van der Waals surface area contributed by atoms with Gasteiger partial charge in [-0.3, -0.25) is 0 Å². The van der Waals surface area contributed by atoms with E-state index in [0.717, 1.165) is 29.3 Å². The highest BCUT2D eigenvalue weighted by Crippen LogP contribution is 2.17. The normalized spacial score (nSPS) is 13.6. The van der Waals surface area contributed by atoms with Crippen LogP contribution in [0.4, 0.5) is 0 Å². The van der Waals surface area contributed by atoms with Crippen molar-refractivity contribution in [2.24, 2.45) is 0 Å². The van der Waals surface area contributed by atoms with Crippen molar-refractivity contribution in [2.75, 3.05) is 5.33 Å². The third-order valence-electron chi connectivity index (χ3n) is 2.75. The number of halogens is 1. The standard InChI is InChI=1S/C13H20BrNO2S/c1-10-6-7-13(11(2)9-10)18(16,17)15-12(3)5-4-8-14/h6-7,9,12,15H,4-5,8H2,1-3H3. The molecule has 1 unspecified atom stereocenters. The smallest absolute Gasteiger partial charge is 0.208 e. The Labute approximate surface area is 118 Å². The van der Waals surface area contributed by atoms with Gasteiger partial charge in [0.15, 0.2) is 0 Å². The number of aryl methyl sites for hydroxylation is 2. The molecule has 0 saturated heterocycles. The third-order valence-corrected chi connectivity index (χ3v) is 5.06. The second-order valence-corrected chi connectivity index (χ2v) is 7.10. The van der Waals surface area contributed by atoms with Gasteiger partial charge in [0.05, 0.1) is 4.90 Å². The molecule has 0 aromatic heterocycles. The van der Waals surface area contributed by atoms with Crippen LogP contribution in [0.15, 0.2) is 23.1 Å². The molecule has 1 aromatic carbocycles. The van der Waals surface area contributed by atoms with Crippen LogP contribution < -0.4 is 4.72 Å². The monoisotopic (exact) mass is 333 g/mol. The van der Waals surface area contributed by atoms with Crippen LogP contribution in [0.2, 0.25) is 0 Å². The second kappa shape index (κ2) is 6.68. The Morgan fingerprint density at radius 2 is 2.00 bits per heavy atom. The third kappa shape index (κ3) is 4.37. The van der Waals surface area contributed by atoms with Crippen LogP contribution in [0.3, 0.4) is 0 Å². The molecule has 102 valence electrons. The topological polar surface area (TPSA) is 46.2 Å². The predicted octanol–water partition coefficient (Wildman–Crippen LogP) is 3.15. The maximum absolute atomic E-state index is 12.2. The molecular formula is C13H20BrNO2S. The van der Waals surface area contributed by atoms with Crippen molar-refractivity contribution >= 4 is 26.0 Å². The van der Waals surface area contributed by atoms with Crippen molar-refractivity contribution < 1.29 is 8.42 Å². The molecule has 0 radical (unpaired) electrons. The van der Waals surface area contributed by atoms with E-state index < -0.39 is 10.0 Å². The van der Waals surface area contributed by atoms with E-state index >= 15 is 0 Å². The molecule has 1 atom stereocenters. The number of hydrogen-bond donors (Lipinski definition) is 1. The van der Waals surface area contributed by atoms with E-state index in [1.807, 2.05) is 32.9 Å². The van der Waals surface area contributed by atoms with Crippen molar-refractivity contribution in [1.82, 2.24) is 4.72 Å². The summed E-state index contributed by atoms with van der Waals surface area (Å²) in [6.07, 6.45) is 1.78. The van der Waals surface area contributed by atoms with E-state index in [9.17, 15) is 8.42 Å². The second-order valence-electron chi connectivity index (χ2n) is 4.62. The number of nitrogens with one attached hydrogen (secondary N) is 1. The van der Waals surface area contributed by atoms with Crippen LogP contribution in [-0.2, 0) is 10.0 Å². The van der Waals surface area contributed by atoms with Gasteiger partial charge in [-0.2, -0.15) is 0 Å². The first kappa shape index (κ1) is 15.7. The van der Waals surface area contributed by atoms with Crippen LogP contribution in [0.5, 0.6) is 0 Å². The molecule has 5 heteroatoms. The molecule has 0 aliphatic heterocycles. The van der Waals surface area contributed by atoms with Gasteiger partial charge >= 0.3 is 0 Å². The zero-order valence-corrected chi connectivity index (χ0v) is 13.4. The van der Waals surface area contributed by atoms with E-state index in [2.05, 4.69) is 20.7 Å². The molecule has 1 rings (SSSR count). The largest absolute Gasteiger partial charge is 0.241 e. The van der Waals surface area contributed by atoms with Crippen LogP contribution in [0.1, 0.15) is 30.9 Å². The minimum Gasteiger partial charge on any atom is -0.208 e. The summed E-state index contributed by atoms with van der Waals surface area (Å²) < 4.78 is 27.1. The molecule has 1 aromatic rings. The van der Waals surface area contributed by atoms with Gasteiger partial charge in [-0.15, -0.1) is 0 Å². The fraction of sp³-hybridized carbons (Fsp3) is 0.538. The molecule has 1 N–H and O–H groups in total. The van der Waals surface area contributed by atoms with Gasteiger partial charge < -0.3 is 0 Å². The van der Waals surface area contributed by atoms with Gasteiger partial charge in [0.1, 0.15) is 0 Å². The Morgan fingerprint density at radius 3 is 2.56 bits per heavy atom. The van der Waals surface area contributed by atoms with Crippen LogP contribution >= 0.6 is 15.9 Å². The molecule has 0 heterocycles. The summed E-state index contributed by atoms with van der Waals surface area (Å²) in [6.45, 7) is 5.67. The number of hydrogen-bond acceptors (Lipinski definition) is 2. The Morgan fingerprint density at radius 1 is 1.33 bits per heavy atom. The fourth-order valence-electron chi connectivity index (χ4n) is 1.87. The molecule has 0 bridgehead atoms. The van der Waals surface area contributed by atoms with E-state index in [-0.39, 0.29) is 6.04 Å². The summed E-state index contributed by atoms with van der Waals surface area (Å²) >= 11 is 3.34. The summed E-state index contributed by atoms with van der Waals surface area (Å²) in [7, 11) is -3.40. The predicted molar refractivity (Wildman–Crippen MR) is 78.7 cm³/mol. The molecule has 0 aliphatic carbocycles. The SMILES string of the molecule is Cc1ccc(S(=O)(=O)NC(C)CCCBr)c(C)c1. The lowest BCUT2D eigenvalue weighted by molar-refractivity contribution is 0.544. The fourth-order valence-corrected chi connectivity index (χ4v) is 3.70. The maximum Gasteiger partial charge on any atom is 0.241 e. The molecule has 0 fully saturated rings.